The van der Waals surface area contributed by atoms with Crippen LogP contribution >= 0.6 is 11.8 Å². The van der Waals surface area contributed by atoms with E-state index in [1.54, 1.807) is 26.0 Å². The lowest BCUT2D eigenvalue weighted by atomic mass is 10.2. The van der Waals surface area contributed by atoms with Gasteiger partial charge in [0.2, 0.25) is 5.12 Å². The maximum absolute atomic E-state index is 12.2. The maximum Gasteiger partial charge on any atom is 0.412 e. The fourth-order valence-electron chi connectivity index (χ4n) is 1.74. The molecule has 0 radical (unpaired) electrons. The smallest absolute Gasteiger partial charge is 0.412 e. The molecule has 1 atom stereocenters. The van der Waals surface area contributed by atoms with Gasteiger partial charge >= 0.3 is 12.1 Å². The molecule has 1 amide bonds. The molecule has 1 aromatic carbocycles. The molecule has 0 spiro atoms. The highest BCUT2D eigenvalue weighted by molar-refractivity contribution is 8.18. The molecule has 1 rings (SSSR count). The van der Waals surface area contributed by atoms with Crippen LogP contribution in [0.2, 0.25) is 0 Å². The number of carbonyl (C=O) groups excluding carboxylic acids is 3. The van der Waals surface area contributed by atoms with Crippen molar-refractivity contribution in [3.63, 3.8) is 0 Å². The van der Waals surface area contributed by atoms with E-state index in [9.17, 15) is 19.5 Å². The average molecular weight is 393 g/mol. The Labute approximate surface area is 162 Å². The number of aliphatic hydroxyl groups excluding tert-OH is 1. The molecule has 0 aliphatic rings. The summed E-state index contributed by atoms with van der Waals surface area (Å²) < 4.78 is 9.89. The number of esters is 1. The van der Waals surface area contributed by atoms with Crippen molar-refractivity contribution in [1.82, 2.24) is 5.32 Å². The van der Waals surface area contributed by atoms with Crippen LogP contribution in [0, 0.1) is 0 Å². The number of ether oxygens (including phenoxy) is 2. The fourth-order valence-corrected chi connectivity index (χ4v) is 2.44. The van der Waals surface area contributed by atoms with Gasteiger partial charge in [0.1, 0.15) is 6.61 Å². The normalized spacial score (nSPS) is 12.0. The number of aliphatic hydroxyl groups is 1. The van der Waals surface area contributed by atoms with Gasteiger partial charge in [0, 0.05) is 0 Å². The van der Waals surface area contributed by atoms with Crippen molar-refractivity contribution in [2.24, 2.45) is 0 Å². The maximum atomic E-state index is 12.2. The van der Waals surface area contributed by atoms with E-state index < -0.39 is 23.3 Å². The molecule has 0 fully saturated rings. The molecule has 2 N–H and O–H groups in total. The molecule has 8 heteroatoms. The average Bonchev–Trinajstić information content (AvgIpc) is 2.64. The first-order valence-electron chi connectivity index (χ1n) is 8.27. The number of amides is 1. The standard InChI is InChI=1S/C19H23NO6S/c1-4-25-17(22)16(11-10-13(2)21)27-18(23)14(3)20-19(24)26-12-15-8-6-5-7-9-15/h5-9,11,13,21H,3-4,10,12H2,1-2H3,(H,20,24)/b16-11+/t13-/m1/s1. The summed E-state index contributed by atoms with van der Waals surface area (Å²) in [6.45, 7) is 6.87. The van der Waals surface area contributed by atoms with Crippen LogP contribution in [-0.4, -0.2) is 35.0 Å². The summed E-state index contributed by atoms with van der Waals surface area (Å²) in [7, 11) is 0. The van der Waals surface area contributed by atoms with Crippen LogP contribution in [0.3, 0.4) is 0 Å². The minimum Gasteiger partial charge on any atom is -0.462 e. The number of nitrogens with one attached hydrogen (secondary N) is 1. The fraction of sp³-hybridized carbons (Fsp3) is 0.316. The predicted molar refractivity (Wildman–Crippen MR) is 103 cm³/mol. The van der Waals surface area contributed by atoms with Crippen molar-refractivity contribution >= 4 is 28.9 Å². The van der Waals surface area contributed by atoms with Gasteiger partial charge in [0.05, 0.1) is 23.3 Å². The Morgan fingerprint density at radius 3 is 2.52 bits per heavy atom. The zero-order valence-electron chi connectivity index (χ0n) is 15.3. The molecule has 0 unspecified atom stereocenters. The van der Waals surface area contributed by atoms with Gasteiger partial charge in [0.15, 0.2) is 0 Å². The van der Waals surface area contributed by atoms with E-state index >= 15 is 0 Å². The lowest BCUT2D eigenvalue weighted by Gasteiger charge is -2.10. The number of hydrogen-bond acceptors (Lipinski definition) is 7. The van der Waals surface area contributed by atoms with Crippen molar-refractivity contribution in [3.05, 3.63) is 59.2 Å². The van der Waals surface area contributed by atoms with Gasteiger partial charge in [-0.1, -0.05) is 43.0 Å². The molecule has 1 aromatic rings. The third kappa shape index (κ3) is 9.07. The number of thioether (sulfide) groups is 1. The Kier molecular flexibility index (Phi) is 9.92. The Morgan fingerprint density at radius 2 is 1.93 bits per heavy atom. The Hall–Kier alpha value is -2.58. The van der Waals surface area contributed by atoms with Crippen LogP contribution < -0.4 is 5.32 Å². The van der Waals surface area contributed by atoms with E-state index in [-0.39, 0.29) is 30.2 Å². The predicted octanol–water partition coefficient (Wildman–Crippen LogP) is 2.90. The van der Waals surface area contributed by atoms with Gasteiger partial charge in [-0.25, -0.2) is 9.59 Å². The first-order valence-corrected chi connectivity index (χ1v) is 9.09. The molecular weight excluding hydrogens is 370 g/mol. The molecule has 146 valence electrons. The van der Waals surface area contributed by atoms with Crippen LogP contribution in [0.1, 0.15) is 25.8 Å². The van der Waals surface area contributed by atoms with Gasteiger partial charge in [0.25, 0.3) is 0 Å². The van der Waals surface area contributed by atoms with E-state index in [1.807, 2.05) is 18.2 Å². The molecule has 0 saturated heterocycles. The summed E-state index contributed by atoms with van der Waals surface area (Å²) in [5.41, 5.74) is 0.565. The Bertz CT molecular complexity index is 699. The van der Waals surface area contributed by atoms with E-state index in [0.29, 0.717) is 11.8 Å². The summed E-state index contributed by atoms with van der Waals surface area (Å²) in [5, 5.41) is 10.9. The van der Waals surface area contributed by atoms with E-state index in [1.165, 1.54) is 6.08 Å². The number of carbonyl (C=O) groups is 3. The van der Waals surface area contributed by atoms with E-state index in [2.05, 4.69) is 11.9 Å². The van der Waals surface area contributed by atoms with E-state index in [0.717, 1.165) is 5.56 Å². The van der Waals surface area contributed by atoms with Crippen molar-refractivity contribution in [2.45, 2.75) is 33.0 Å². The largest absolute Gasteiger partial charge is 0.462 e. The van der Waals surface area contributed by atoms with Gasteiger partial charge in [-0.3, -0.25) is 10.1 Å². The highest BCUT2D eigenvalue weighted by atomic mass is 32.2. The van der Waals surface area contributed by atoms with E-state index in [4.69, 9.17) is 9.47 Å². The second kappa shape index (κ2) is 11.9. The quantitative estimate of drug-likeness (QED) is 0.491. The number of alkyl carbamates (subject to hydrolysis) is 1. The van der Waals surface area contributed by atoms with Gasteiger partial charge in [-0.15, -0.1) is 0 Å². The lowest BCUT2D eigenvalue weighted by Crippen LogP contribution is -2.26. The van der Waals surface area contributed by atoms with Gasteiger partial charge in [-0.2, -0.15) is 0 Å². The summed E-state index contributed by atoms with van der Waals surface area (Å²) in [6, 6.07) is 9.05. The zero-order valence-corrected chi connectivity index (χ0v) is 16.1. The van der Waals surface area contributed by atoms with Crippen molar-refractivity contribution in [1.29, 1.82) is 0 Å². The summed E-state index contributed by atoms with van der Waals surface area (Å²) in [5.74, 6) is -0.684. The Morgan fingerprint density at radius 1 is 1.26 bits per heavy atom. The number of hydrogen-bond donors (Lipinski definition) is 2. The monoisotopic (exact) mass is 393 g/mol. The molecule has 0 heterocycles. The van der Waals surface area contributed by atoms with Crippen LogP contribution in [0.5, 0.6) is 0 Å². The third-order valence-corrected chi connectivity index (χ3v) is 4.02. The lowest BCUT2D eigenvalue weighted by molar-refractivity contribution is -0.137. The number of benzene rings is 1. The molecule has 0 aromatic heterocycles. The summed E-state index contributed by atoms with van der Waals surface area (Å²) >= 11 is 0.566. The van der Waals surface area contributed by atoms with Crippen molar-refractivity contribution in [2.75, 3.05) is 6.61 Å². The first kappa shape index (κ1) is 22.5. The van der Waals surface area contributed by atoms with Crippen LogP contribution in [0.25, 0.3) is 0 Å². The highest BCUT2D eigenvalue weighted by Crippen LogP contribution is 2.22. The van der Waals surface area contributed by atoms with Crippen molar-refractivity contribution in [3.8, 4) is 0 Å². The Balaban J connectivity index is 2.59. The second-order valence-corrected chi connectivity index (χ2v) is 6.44. The molecule has 0 aliphatic heterocycles. The molecular formula is C19H23NO6S. The summed E-state index contributed by atoms with van der Waals surface area (Å²) in [6.07, 6.45) is 0.0718. The molecule has 0 saturated carbocycles. The topological polar surface area (TPSA) is 102 Å². The number of rotatable bonds is 9. The summed E-state index contributed by atoms with van der Waals surface area (Å²) in [4.78, 5) is 35.9. The zero-order chi connectivity index (χ0) is 20.2. The first-order chi connectivity index (χ1) is 12.8. The van der Waals surface area contributed by atoms with Gasteiger partial charge in [-0.05, 0) is 37.6 Å². The highest BCUT2D eigenvalue weighted by Gasteiger charge is 2.20. The SMILES string of the molecule is C=C(NC(=O)OCc1ccccc1)C(=O)S/C(=C/C[C@@H](C)O)C(=O)OCC. The van der Waals surface area contributed by atoms with Crippen molar-refractivity contribution < 1.29 is 29.0 Å². The van der Waals surface area contributed by atoms with Gasteiger partial charge < -0.3 is 14.6 Å². The second-order valence-electron chi connectivity index (χ2n) is 5.43. The molecule has 7 nitrogen and oxygen atoms in total. The molecule has 0 bridgehead atoms. The molecule has 0 aliphatic carbocycles. The molecule has 27 heavy (non-hydrogen) atoms. The minimum absolute atomic E-state index is 0.0170. The van der Waals surface area contributed by atoms with Crippen LogP contribution in [0.15, 0.2) is 53.6 Å². The minimum atomic E-state index is -0.830. The van der Waals surface area contributed by atoms with Crippen LogP contribution in [-0.2, 0) is 25.7 Å². The third-order valence-electron chi connectivity index (χ3n) is 3.04. The van der Waals surface area contributed by atoms with Crippen LogP contribution in [0.4, 0.5) is 4.79 Å².